The van der Waals surface area contributed by atoms with Gasteiger partial charge in [0, 0.05) is 23.5 Å². The summed E-state index contributed by atoms with van der Waals surface area (Å²) in [6, 6.07) is 5.35. The summed E-state index contributed by atoms with van der Waals surface area (Å²) in [6.45, 7) is 4.65. The van der Waals surface area contributed by atoms with Gasteiger partial charge in [-0.1, -0.05) is 0 Å². The van der Waals surface area contributed by atoms with Crippen molar-refractivity contribution in [2.75, 3.05) is 11.9 Å². The zero-order chi connectivity index (χ0) is 16.8. The van der Waals surface area contributed by atoms with Gasteiger partial charge in [0.05, 0.1) is 0 Å². The first kappa shape index (κ1) is 15.2. The van der Waals surface area contributed by atoms with E-state index >= 15 is 0 Å². The number of hydrogen-bond acceptors (Lipinski definition) is 3. The minimum Gasteiger partial charge on any atom is -0.461 e. The maximum atomic E-state index is 12.7. The lowest BCUT2D eigenvalue weighted by Gasteiger charge is -2.24. The second-order valence-electron chi connectivity index (χ2n) is 6.95. The Morgan fingerprint density at radius 2 is 2.00 bits per heavy atom. The molecule has 2 amide bonds. The standard InChI is InChI=1S/C19H22N2O3/c1-11-12(2)24-17-8-7-14(10-15(11)17)20-18(22)16-4-3-9-21(16)19(23)13-5-6-13/h7-8,10,13,16H,3-6,9H2,1-2H3,(H,20,22). The van der Waals surface area contributed by atoms with Crippen LogP contribution in [0.1, 0.15) is 37.0 Å². The lowest BCUT2D eigenvalue weighted by molar-refractivity contribution is -0.137. The molecule has 5 nitrogen and oxygen atoms in total. The Bertz CT molecular complexity index is 819. The van der Waals surface area contributed by atoms with Crippen molar-refractivity contribution in [1.29, 1.82) is 0 Å². The fraction of sp³-hybridized carbons (Fsp3) is 0.474. The predicted octanol–water partition coefficient (Wildman–Crippen LogP) is 3.39. The van der Waals surface area contributed by atoms with Crippen LogP contribution in [0.25, 0.3) is 11.0 Å². The van der Waals surface area contributed by atoms with Gasteiger partial charge in [-0.25, -0.2) is 0 Å². The van der Waals surface area contributed by atoms with E-state index in [2.05, 4.69) is 5.32 Å². The van der Waals surface area contributed by atoms with Crippen LogP contribution < -0.4 is 5.32 Å². The molecule has 1 saturated carbocycles. The molecule has 5 heteroatoms. The Balaban J connectivity index is 1.52. The normalized spacial score (nSPS) is 20.6. The number of carbonyl (C=O) groups excluding carboxylic acids is 2. The van der Waals surface area contributed by atoms with Crippen LogP contribution in [0.3, 0.4) is 0 Å². The van der Waals surface area contributed by atoms with Crippen LogP contribution >= 0.6 is 0 Å². The molecule has 2 aromatic rings. The molecule has 1 saturated heterocycles. The molecule has 1 N–H and O–H groups in total. The van der Waals surface area contributed by atoms with E-state index < -0.39 is 0 Å². The second-order valence-corrected chi connectivity index (χ2v) is 6.95. The Morgan fingerprint density at radius 3 is 2.75 bits per heavy atom. The fourth-order valence-electron chi connectivity index (χ4n) is 3.51. The largest absolute Gasteiger partial charge is 0.461 e. The molecule has 0 spiro atoms. The summed E-state index contributed by atoms with van der Waals surface area (Å²) in [6.07, 6.45) is 3.59. The number of nitrogens with zero attached hydrogens (tertiary/aromatic N) is 1. The summed E-state index contributed by atoms with van der Waals surface area (Å²) >= 11 is 0. The maximum Gasteiger partial charge on any atom is 0.247 e. The average Bonchev–Trinajstić information content (AvgIpc) is 3.23. The van der Waals surface area contributed by atoms with Crippen molar-refractivity contribution < 1.29 is 14.0 Å². The van der Waals surface area contributed by atoms with E-state index in [1.54, 1.807) is 4.90 Å². The fourth-order valence-corrected chi connectivity index (χ4v) is 3.51. The van der Waals surface area contributed by atoms with Gasteiger partial charge in [-0.15, -0.1) is 0 Å². The summed E-state index contributed by atoms with van der Waals surface area (Å²) in [4.78, 5) is 26.8. The molecule has 4 rings (SSSR count). The zero-order valence-electron chi connectivity index (χ0n) is 14.1. The molecule has 2 fully saturated rings. The summed E-state index contributed by atoms with van der Waals surface area (Å²) < 4.78 is 5.67. The molecule has 1 atom stereocenters. The minimum absolute atomic E-state index is 0.0845. The molecule has 0 radical (unpaired) electrons. The van der Waals surface area contributed by atoms with Crippen molar-refractivity contribution in [2.45, 2.75) is 45.6 Å². The monoisotopic (exact) mass is 326 g/mol. The lowest BCUT2D eigenvalue weighted by Crippen LogP contribution is -2.43. The average molecular weight is 326 g/mol. The van der Waals surface area contributed by atoms with Gasteiger partial charge in [-0.3, -0.25) is 9.59 Å². The Hall–Kier alpha value is -2.30. The van der Waals surface area contributed by atoms with Crippen LogP contribution in [0.4, 0.5) is 5.69 Å². The third-order valence-electron chi connectivity index (χ3n) is 5.21. The van der Waals surface area contributed by atoms with Crippen LogP contribution in [0.15, 0.2) is 22.6 Å². The van der Waals surface area contributed by atoms with Gasteiger partial charge in [0.1, 0.15) is 17.4 Å². The van der Waals surface area contributed by atoms with Crippen molar-refractivity contribution in [1.82, 2.24) is 4.90 Å². The summed E-state index contributed by atoms with van der Waals surface area (Å²) in [5.41, 5.74) is 2.67. The summed E-state index contributed by atoms with van der Waals surface area (Å²) in [5, 5.41) is 4.00. The van der Waals surface area contributed by atoms with Crippen LogP contribution in [-0.2, 0) is 9.59 Å². The van der Waals surface area contributed by atoms with Crippen LogP contribution in [-0.4, -0.2) is 29.3 Å². The zero-order valence-corrected chi connectivity index (χ0v) is 14.1. The van der Waals surface area contributed by atoms with Gasteiger partial charge < -0.3 is 14.6 Å². The maximum absolute atomic E-state index is 12.7. The first-order chi connectivity index (χ1) is 11.5. The molecule has 1 aliphatic heterocycles. The molecule has 126 valence electrons. The van der Waals surface area contributed by atoms with E-state index in [0.29, 0.717) is 6.54 Å². The number of hydrogen-bond donors (Lipinski definition) is 1. The quantitative estimate of drug-likeness (QED) is 0.940. The van der Waals surface area contributed by atoms with Crippen LogP contribution in [0.5, 0.6) is 0 Å². The van der Waals surface area contributed by atoms with E-state index in [4.69, 9.17) is 4.42 Å². The highest BCUT2D eigenvalue weighted by Gasteiger charge is 2.40. The molecule has 2 aliphatic rings. The molecule has 2 heterocycles. The summed E-state index contributed by atoms with van der Waals surface area (Å²) in [5.74, 6) is 1.12. The first-order valence-electron chi connectivity index (χ1n) is 8.65. The SMILES string of the molecule is Cc1oc2ccc(NC(=O)C3CCCN3C(=O)C3CC3)cc2c1C. The highest BCUT2D eigenvalue weighted by Crippen LogP contribution is 2.34. The number of amides is 2. The van der Waals surface area contributed by atoms with Crippen molar-refractivity contribution in [2.24, 2.45) is 5.92 Å². The number of carbonyl (C=O) groups is 2. The second kappa shape index (κ2) is 5.65. The smallest absolute Gasteiger partial charge is 0.247 e. The molecule has 1 unspecified atom stereocenters. The third-order valence-corrected chi connectivity index (χ3v) is 5.21. The number of fused-ring (bicyclic) bond motifs is 1. The lowest BCUT2D eigenvalue weighted by atomic mass is 10.1. The van der Waals surface area contributed by atoms with E-state index in [1.165, 1.54) is 0 Å². The molecule has 0 bridgehead atoms. The number of anilines is 1. The Morgan fingerprint density at radius 1 is 1.21 bits per heavy atom. The minimum atomic E-state index is -0.332. The van der Waals surface area contributed by atoms with Crippen molar-refractivity contribution in [3.05, 3.63) is 29.5 Å². The van der Waals surface area contributed by atoms with Gasteiger partial charge in [-0.05, 0) is 63.3 Å². The van der Waals surface area contributed by atoms with Crippen molar-refractivity contribution in [3.8, 4) is 0 Å². The van der Waals surface area contributed by atoms with Gasteiger partial charge in [-0.2, -0.15) is 0 Å². The summed E-state index contributed by atoms with van der Waals surface area (Å²) in [7, 11) is 0. The highest BCUT2D eigenvalue weighted by molar-refractivity contribution is 5.99. The number of furan rings is 1. The topological polar surface area (TPSA) is 62.6 Å². The first-order valence-corrected chi connectivity index (χ1v) is 8.65. The molecule has 24 heavy (non-hydrogen) atoms. The number of nitrogens with one attached hydrogen (secondary N) is 1. The van der Waals surface area contributed by atoms with Gasteiger partial charge in [0.25, 0.3) is 0 Å². The van der Waals surface area contributed by atoms with E-state index in [-0.39, 0.29) is 23.8 Å². The van der Waals surface area contributed by atoms with Gasteiger partial charge in [0.15, 0.2) is 0 Å². The molecule has 1 aromatic heterocycles. The Labute approximate surface area is 141 Å². The molecular weight excluding hydrogens is 304 g/mol. The molecule has 1 aromatic carbocycles. The van der Waals surface area contributed by atoms with Crippen LogP contribution in [0, 0.1) is 19.8 Å². The van der Waals surface area contributed by atoms with Crippen LogP contribution in [0.2, 0.25) is 0 Å². The molecular formula is C19H22N2O3. The van der Waals surface area contributed by atoms with Crippen molar-refractivity contribution >= 4 is 28.5 Å². The van der Waals surface area contributed by atoms with Gasteiger partial charge >= 0.3 is 0 Å². The van der Waals surface area contributed by atoms with E-state index in [9.17, 15) is 9.59 Å². The highest BCUT2D eigenvalue weighted by atomic mass is 16.3. The molecule has 1 aliphatic carbocycles. The number of rotatable bonds is 3. The van der Waals surface area contributed by atoms with E-state index in [1.807, 2.05) is 32.0 Å². The third kappa shape index (κ3) is 2.58. The van der Waals surface area contributed by atoms with E-state index in [0.717, 1.165) is 53.7 Å². The number of benzene rings is 1. The van der Waals surface area contributed by atoms with Gasteiger partial charge in [0.2, 0.25) is 11.8 Å². The predicted molar refractivity (Wildman–Crippen MR) is 91.8 cm³/mol. The van der Waals surface area contributed by atoms with Crippen molar-refractivity contribution in [3.63, 3.8) is 0 Å². The number of aryl methyl sites for hydroxylation is 2. The number of likely N-dealkylation sites (tertiary alicyclic amines) is 1. The Kier molecular flexibility index (Phi) is 3.59.